The van der Waals surface area contributed by atoms with E-state index >= 15 is 0 Å². The summed E-state index contributed by atoms with van der Waals surface area (Å²) in [6.07, 6.45) is 5.75. The molecule has 17 heavy (non-hydrogen) atoms. The van der Waals surface area contributed by atoms with E-state index in [4.69, 9.17) is 0 Å². The minimum Gasteiger partial charge on any atom is -0.319 e. The smallest absolute Gasteiger partial charge is 0.0110 e. The SMILES string of the molecule is CCN1CCN(CC2(CNC)CCCC2)CC1. The topological polar surface area (TPSA) is 18.5 Å². The van der Waals surface area contributed by atoms with E-state index in [1.54, 1.807) is 0 Å². The van der Waals surface area contributed by atoms with Crippen LogP contribution in [0.4, 0.5) is 0 Å². The Labute approximate surface area is 107 Å². The molecule has 0 unspecified atom stereocenters. The van der Waals surface area contributed by atoms with Gasteiger partial charge in [0.05, 0.1) is 0 Å². The van der Waals surface area contributed by atoms with Crippen LogP contribution in [-0.2, 0) is 0 Å². The first-order valence-corrected chi connectivity index (χ1v) is 7.37. The Balaban J connectivity index is 1.82. The van der Waals surface area contributed by atoms with Crippen molar-refractivity contribution in [2.75, 3.05) is 52.9 Å². The summed E-state index contributed by atoms with van der Waals surface area (Å²) in [5.74, 6) is 0. The molecule has 1 aliphatic heterocycles. The van der Waals surface area contributed by atoms with Crippen molar-refractivity contribution in [3.05, 3.63) is 0 Å². The third-order valence-electron chi connectivity index (χ3n) is 4.69. The second-order valence-corrected chi connectivity index (χ2v) is 5.95. The van der Waals surface area contributed by atoms with Crippen LogP contribution >= 0.6 is 0 Å². The summed E-state index contributed by atoms with van der Waals surface area (Å²) < 4.78 is 0. The molecule has 2 aliphatic rings. The van der Waals surface area contributed by atoms with Gasteiger partial charge in [0.25, 0.3) is 0 Å². The predicted octanol–water partition coefficient (Wildman–Crippen LogP) is 1.40. The molecule has 0 atom stereocenters. The highest BCUT2D eigenvalue weighted by Gasteiger charge is 2.35. The van der Waals surface area contributed by atoms with E-state index in [0.717, 1.165) is 0 Å². The summed E-state index contributed by atoms with van der Waals surface area (Å²) in [6, 6.07) is 0. The highest BCUT2D eigenvalue weighted by molar-refractivity contribution is 4.90. The molecule has 100 valence electrons. The molecule has 1 saturated carbocycles. The first-order chi connectivity index (χ1) is 8.28. The third-order valence-corrected chi connectivity index (χ3v) is 4.69. The van der Waals surface area contributed by atoms with Gasteiger partial charge >= 0.3 is 0 Å². The minimum atomic E-state index is 0.586. The average molecular weight is 239 g/mol. The summed E-state index contributed by atoms with van der Waals surface area (Å²) in [5.41, 5.74) is 0.586. The lowest BCUT2D eigenvalue weighted by Gasteiger charge is -2.40. The standard InChI is InChI=1S/C14H29N3/c1-3-16-8-10-17(11-9-16)13-14(12-15-2)6-4-5-7-14/h15H,3-13H2,1-2H3. The molecule has 0 amide bonds. The predicted molar refractivity (Wildman–Crippen MR) is 73.4 cm³/mol. The van der Waals surface area contributed by atoms with Crippen LogP contribution in [0.3, 0.4) is 0 Å². The highest BCUT2D eigenvalue weighted by atomic mass is 15.3. The summed E-state index contributed by atoms with van der Waals surface area (Å²) in [5, 5.41) is 3.42. The molecule has 0 bridgehead atoms. The van der Waals surface area contributed by atoms with Crippen molar-refractivity contribution in [1.29, 1.82) is 0 Å². The highest BCUT2D eigenvalue weighted by Crippen LogP contribution is 2.38. The first-order valence-electron chi connectivity index (χ1n) is 7.37. The monoisotopic (exact) mass is 239 g/mol. The second kappa shape index (κ2) is 6.17. The van der Waals surface area contributed by atoms with Crippen molar-refractivity contribution in [3.8, 4) is 0 Å². The summed E-state index contributed by atoms with van der Waals surface area (Å²) in [7, 11) is 2.11. The molecule has 2 fully saturated rings. The fourth-order valence-corrected chi connectivity index (χ4v) is 3.63. The lowest BCUT2D eigenvalue weighted by Crippen LogP contribution is -2.50. The van der Waals surface area contributed by atoms with Crippen LogP contribution < -0.4 is 5.32 Å². The Morgan fingerprint density at radius 1 is 1.00 bits per heavy atom. The van der Waals surface area contributed by atoms with E-state index in [2.05, 4.69) is 29.1 Å². The number of likely N-dealkylation sites (N-methyl/N-ethyl adjacent to an activating group) is 1. The van der Waals surface area contributed by atoms with Crippen LogP contribution in [0.15, 0.2) is 0 Å². The maximum Gasteiger partial charge on any atom is 0.0110 e. The maximum absolute atomic E-state index is 3.42. The molecular weight excluding hydrogens is 210 g/mol. The molecule has 1 N–H and O–H groups in total. The van der Waals surface area contributed by atoms with Gasteiger partial charge in [-0.25, -0.2) is 0 Å². The largest absolute Gasteiger partial charge is 0.319 e. The fraction of sp³-hybridized carbons (Fsp3) is 1.00. The molecule has 0 aromatic carbocycles. The van der Waals surface area contributed by atoms with Crippen molar-refractivity contribution in [3.63, 3.8) is 0 Å². The minimum absolute atomic E-state index is 0.586. The molecule has 0 radical (unpaired) electrons. The van der Waals surface area contributed by atoms with E-state index in [9.17, 15) is 0 Å². The molecular formula is C14H29N3. The molecule has 2 rings (SSSR count). The van der Waals surface area contributed by atoms with Crippen LogP contribution in [0.25, 0.3) is 0 Å². The van der Waals surface area contributed by atoms with Gasteiger partial charge in [-0.05, 0) is 31.8 Å². The summed E-state index contributed by atoms with van der Waals surface area (Å²) in [6.45, 7) is 11.1. The molecule has 1 saturated heterocycles. The van der Waals surface area contributed by atoms with Crippen LogP contribution in [-0.4, -0.2) is 62.7 Å². The number of nitrogens with zero attached hydrogens (tertiary/aromatic N) is 2. The van der Waals surface area contributed by atoms with Crippen molar-refractivity contribution in [2.45, 2.75) is 32.6 Å². The fourth-order valence-electron chi connectivity index (χ4n) is 3.63. The normalized spacial score (nSPS) is 26.5. The van der Waals surface area contributed by atoms with Crippen molar-refractivity contribution in [1.82, 2.24) is 15.1 Å². The second-order valence-electron chi connectivity index (χ2n) is 5.95. The summed E-state index contributed by atoms with van der Waals surface area (Å²) in [4.78, 5) is 5.27. The molecule has 1 aliphatic carbocycles. The third kappa shape index (κ3) is 3.43. The Kier molecular flexibility index (Phi) is 4.83. The zero-order valence-corrected chi connectivity index (χ0v) is 11.7. The Bertz CT molecular complexity index is 216. The number of nitrogens with one attached hydrogen (secondary N) is 1. The van der Waals surface area contributed by atoms with Crippen molar-refractivity contribution < 1.29 is 0 Å². The van der Waals surface area contributed by atoms with E-state index < -0.39 is 0 Å². The van der Waals surface area contributed by atoms with Gasteiger partial charge in [0.1, 0.15) is 0 Å². The number of hydrogen-bond acceptors (Lipinski definition) is 3. The maximum atomic E-state index is 3.42. The van der Waals surface area contributed by atoms with Gasteiger partial charge in [-0.3, -0.25) is 0 Å². The Morgan fingerprint density at radius 2 is 1.59 bits per heavy atom. The molecule has 0 spiro atoms. The number of piperazine rings is 1. The Hall–Kier alpha value is -0.120. The van der Waals surface area contributed by atoms with Gasteiger partial charge in [0.2, 0.25) is 0 Å². The van der Waals surface area contributed by atoms with Crippen molar-refractivity contribution >= 4 is 0 Å². The van der Waals surface area contributed by atoms with E-state index in [1.807, 2.05) is 0 Å². The van der Waals surface area contributed by atoms with E-state index in [1.165, 1.54) is 71.5 Å². The average Bonchev–Trinajstić information content (AvgIpc) is 2.79. The van der Waals surface area contributed by atoms with Crippen molar-refractivity contribution in [2.24, 2.45) is 5.41 Å². The van der Waals surface area contributed by atoms with Gasteiger partial charge in [0.15, 0.2) is 0 Å². The van der Waals surface area contributed by atoms with Crippen LogP contribution in [0.5, 0.6) is 0 Å². The van der Waals surface area contributed by atoms with Crippen LogP contribution in [0, 0.1) is 5.41 Å². The van der Waals surface area contributed by atoms with Gasteiger partial charge in [-0.2, -0.15) is 0 Å². The lowest BCUT2D eigenvalue weighted by atomic mass is 9.85. The molecule has 3 heteroatoms. The number of hydrogen-bond donors (Lipinski definition) is 1. The summed E-state index contributed by atoms with van der Waals surface area (Å²) >= 11 is 0. The van der Waals surface area contributed by atoms with E-state index in [-0.39, 0.29) is 0 Å². The molecule has 0 aromatic heterocycles. The van der Waals surface area contributed by atoms with Gasteiger partial charge < -0.3 is 15.1 Å². The first kappa shape index (κ1) is 13.3. The van der Waals surface area contributed by atoms with Gasteiger partial charge in [-0.15, -0.1) is 0 Å². The molecule has 3 nitrogen and oxygen atoms in total. The molecule has 1 heterocycles. The Morgan fingerprint density at radius 3 is 2.12 bits per heavy atom. The van der Waals surface area contributed by atoms with Crippen LogP contribution in [0.2, 0.25) is 0 Å². The lowest BCUT2D eigenvalue weighted by molar-refractivity contribution is 0.0885. The van der Waals surface area contributed by atoms with Crippen LogP contribution in [0.1, 0.15) is 32.6 Å². The van der Waals surface area contributed by atoms with Gasteiger partial charge in [-0.1, -0.05) is 19.8 Å². The zero-order valence-electron chi connectivity index (χ0n) is 11.7. The van der Waals surface area contributed by atoms with Gasteiger partial charge in [0, 0.05) is 39.3 Å². The quantitative estimate of drug-likeness (QED) is 0.782. The number of rotatable bonds is 5. The zero-order chi connectivity index (χ0) is 12.1. The molecule has 0 aromatic rings. The van der Waals surface area contributed by atoms with E-state index in [0.29, 0.717) is 5.41 Å².